The minimum atomic E-state index is -0.146. The zero-order valence-corrected chi connectivity index (χ0v) is 16.3. The number of anilines is 1. The van der Waals surface area contributed by atoms with E-state index in [-0.39, 0.29) is 5.91 Å². The number of amides is 1. The minimum Gasteiger partial charge on any atom is -0.436 e. The largest absolute Gasteiger partial charge is 0.436 e. The van der Waals surface area contributed by atoms with E-state index in [0.29, 0.717) is 28.2 Å². The third kappa shape index (κ3) is 3.78. The highest BCUT2D eigenvalue weighted by Crippen LogP contribution is 2.28. The molecule has 1 heterocycles. The van der Waals surface area contributed by atoms with Gasteiger partial charge in [-0.25, -0.2) is 4.98 Å². The van der Waals surface area contributed by atoms with E-state index >= 15 is 0 Å². The summed E-state index contributed by atoms with van der Waals surface area (Å²) in [4.78, 5) is 17.0. The van der Waals surface area contributed by atoms with Crippen LogP contribution in [0.25, 0.3) is 22.6 Å². The average Bonchev–Trinajstić information content (AvgIpc) is 3.11. The normalized spacial score (nSPS) is 10.9. The lowest BCUT2D eigenvalue weighted by Gasteiger charge is -2.05. The van der Waals surface area contributed by atoms with Gasteiger partial charge in [0.05, 0.1) is 0 Å². The molecule has 0 aliphatic heterocycles. The molecule has 0 atom stereocenters. The van der Waals surface area contributed by atoms with Gasteiger partial charge < -0.3 is 9.73 Å². The first kappa shape index (κ1) is 17.5. The zero-order chi connectivity index (χ0) is 18.8. The molecule has 4 nitrogen and oxygen atoms in total. The molecule has 134 valence electrons. The van der Waals surface area contributed by atoms with Crippen molar-refractivity contribution in [2.45, 2.75) is 13.3 Å². The number of aromatic nitrogens is 1. The Morgan fingerprint density at radius 2 is 1.89 bits per heavy atom. The Kier molecular flexibility index (Phi) is 4.77. The van der Waals surface area contributed by atoms with E-state index in [1.165, 1.54) is 5.56 Å². The summed E-state index contributed by atoms with van der Waals surface area (Å²) in [5.41, 5.74) is 4.78. The van der Waals surface area contributed by atoms with E-state index < -0.39 is 0 Å². The number of fused-ring (bicyclic) bond motifs is 1. The van der Waals surface area contributed by atoms with Gasteiger partial charge in [-0.1, -0.05) is 41.1 Å². The number of aryl methyl sites for hydroxylation is 1. The molecular weight excluding hydrogens is 404 g/mol. The van der Waals surface area contributed by atoms with Crippen molar-refractivity contribution in [2.24, 2.45) is 0 Å². The van der Waals surface area contributed by atoms with Crippen LogP contribution >= 0.6 is 15.9 Å². The molecule has 0 saturated heterocycles. The second kappa shape index (κ2) is 7.37. The van der Waals surface area contributed by atoms with Gasteiger partial charge in [0.25, 0.3) is 5.91 Å². The molecule has 0 fully saturated rings. The lowest BCUT2D eigenvalue weighted by atomic mass is 10.1. The van der Waals surface area contributed by atoms with Crippen molar-refractivity contribution in [3.8, 4) is 11.5 Å². The summed E-state index contributed by atoms with van der Waals surface area (Å²) in [7, 11) is 0. The van der Waals surface area contributed by atoms with Crippen molar-refractivity contribution >= 4 is 38.6 Å². The number of halogens is 1. The van der Waals surface area contributed by atoms with Gasteiger partial charge in [0.1, 0.15) is 5.52 Å². The predicted octanol–water partition coefficient (Wildman–Crippen LogP) is 6.07. The molecule has 0 aliphatic carbocycles. The zero-order valence-electron chi connectivity index (χ0n) is 14.7. The molecule has 1 aromatic heterocycles. The summed E-state index contributed by atoms with van der Waals surface area (Å²) < 4.78 is 6.80. The number of rotatable bonds is 4. The first-order valence-corrected chi connectivity index (χ1v) is 9.48. The molecule has 1 amide bonds. The maximum absolute atomic E-state index is 12.5. The Bertz CT molecular complexity index is 1120. The molecule has 5 heteroatoms. The number of nitrogens with zero attached hydrogens (tertiary/aromatic N) is 1. The average molecular weight is 421 g/mol. The summed E-state index contributed by atoms with van der Waals surface area (Å²) in [6.45, 7) is 2.09. The third-order valence-electron chi connectivity index (χ3n) is 4.34. The van der Waals surface area contributed by atoms with Gasteiger partial charge >= 0.3 is 0 Å². The molecule has 27 heavy (non-hydrogen) atoms. The summed E-state index contributed by atoms with van der Waals surface area (Å²) in [5.74, 6) is 0.401. The maximum Gasteiger partial charge on any atom is 0.255 e. The van der Waals surface area contributed by atoms with E-state index in [4.69, 9.17) is 4.42 Å². The Labute approximate surface area is 165 Å². The van der Waals surface area contributed by atoms with E-state index in [9.17, 15) is 4.79 Å². The molecule has 4 aromatic rings. The van der Waals surface area contributed by atoms with Gasteiger partial charge in [0.2, 0.25) is 5.89 Å². The molecule has 4 rings (SSSR count). The predicted molar refractivity (Wildman–Crippen MR) is 111 cm³/mol. The van der Waals surface area contributed by atoms with Crippen LogP contribution in [0, 0.1) is 0 Å². The molecule has 0 spiro atoms. The van der Waals surface area contributed by atoms with Crippen molar-refractivity contribution < 1.29 is 9.21 Å². The third-order valence-corrected chi connectivity index (χ3v) is 4.83. The number of hydrogen-bond donors (Lipinski definition) is 1. The van der Waals surface area contributed by atoms with Crippen LogP contribution in [0.2, 0.25) is 0 Å². The molecule has 0 aliphatic rings. The fraction of sp³-hybridized carbons (Fsp3) is 0.0909. The van der Waals surface area contributed by atoms with Gasteiger partial charge in [0.15, 0.2) is 5.58 Å². The Morgan fingerprint density at radius 3 is 2.63 bits per heavy atom. The lowest BCUT2D eigenvalue weighted by molar-refractivity contribution is 0.102. The highest BCUT2D eigenvalue weighted by Gasteiger charge is 2.11. The number of benzene rings is 3. The first-order chi connectivity index (χ1) is 13.1. The van der Waals surface area contributed by atoms with Crippen molar-refractivity contribution in [3.63, 3.8) is 0 Å². The number of hydrogen-bond acceptors (Lipinski definition) is 3. The molecule has 3 aromatic carbocycles. The van der Waals surface area contributed by atoms with Crippen LogP contribution in [0.4, 0.5) is 5.69 Å². The number of oxazole rings is 1. The summed E-state index contributed by atoms with van der Waals surface area (Å²) in [6, 6.07) is 20.9. The highest BCUT2D eigenvalue weighted by molar-refractivity contribution is 9.10. The quantitative estimate of drug-likeness (QED) is 0.435. The summed E-state index contributed by atoms with van der Waals surface area (Å²) in [6.07, 6.45) is 0.949. The molecule has 0 radical (unpaired) electrons. The standard InChI is InChI=1S/C22H17BrN2O2/c1-2-14-6-8-15(9-7-14)21(26)24-18-10-11-20-19(13-18)25-22(27-20)16-4-3-5-17(23)12-16/h3-13H,2H2,1H3,(H,24,26). The molecule has 0 bridgehead atoms. The van der Waals surface area contributed by atoms with Crippen molar-refractivity contribution in [1.82, 2.24) is 4.98 Å². The second-order valence-corrected chi connectivity index (χ2v) is 7.13. The van der Waals surface area contributed by atoms with Crippen LogP contribution in [0.5, 0.6) is 0 Å². The van der Waals surface area contributed by atoms with Gasteiger partial charge in [-0.2, -0.15) is 0 Å². The summed E-state index contributed by atoms with van der Waals surface area (Å²) >= 11 is 3.46. The number of carbonyl (C=O) groups is 1. The number of carbonyl (C=O) groups excluding carboxylic acids is 1. The smallest absolute Gasteiger partial charge is 0.255 e. The fourth-order valence-electron chi connectivity index (χ4n) is 2.85. The van der Waals surface area contributed by atoms with Crippen LogP contribution < -0.4 is 5.32 Å². The molecule has 1 N–H and O–H groups in total. The van der Waals surface area contributed by atoms with Crippen LogP contribution in [-0.2, 0) is 6.42 Å². The van der Waals surface area contributed by atoms with Gasteiger partial charge in [-0.15, -0.1) is 0 Å². The van der Waals surface area contributed by atoms with Crippen LogP contribution in [0.3, 0.4) is 0 Å². The van der Waals surface area contributed by atoms with Crippen molar-refractivity contribution in [3.05, 3.63) is 82.3 Å². The number of nitrogens with one attached hydrogen (secondary N) is 1. The van der Waals surface area contributed by atoms with Crippen LogP contribution in [0.15, 0.2) is 75.6 Å². The Hall–Kier alpha value is -2.92. The van der Waals surface area contributed by atoms with Crippen molar-refractivity contribution in [1.29, 1.82) is 0 Å². The van der Waals surface area contributed by atoms with E-state index in [2.05, 4.69) is 33.2 Å². The summed E-state index contributed by atoms with van der Waals surface area (Å²) in [5, 5.41) is 2.92. The van der Waals surface area contributed by atoms with Gasteiger partial charge in [-0.3, -0.25) is 4.79 Å². The topological polar surface area (TPSA) is 55.1 Å². The van der Waals surface area contributed by atoms with E-state index in [1.54, 1.807) is 0 Å². The van der Waals surface area contributed by atoms with Gasteiger partial charge in [-0.05, 0) is 60.5 Å². The molecular formula is C22H17BrN2O2. The molecule has 0 saturated carbocycles. The Balaban J connectivity index is 1.58. The van der Waals surface area contributed by atoms with Gasteiger partial charge in [0, 0.05) is 21.3 Å². The van der Waals surface area contributed by atoms with Crippen LogP contribution in [-0.4, -0.2) is 10.9 Å². The van der Waals surface area contributed by atoms with Crippen LogP contribution in [0.1, 0.15) is 22.8 Å². The van der Waals surface area contributed by atoms with E-state index in [0.717, 1.165) is 16.5 Å². The minimum absolute atomic E-state index is 0.146. The van der Waals surface area contributed by atoms with E-state index in [1.807, 2.05) is 66.7 Å². The Morgan fingerprint density at radius 1 is 1.07 bits per heavy atom. The monoisotopic (exact) mass is 420 g/mol. The second-order valence-electron chi connectivity index (χ2n) is 6.22. The maximum atomic E-state index is 12.5. The lowest BCUT2D eigenvalue weighted by Crippen LogP contribution is -2.11. The molecule has 0 unspecified atom stereocenters. The first-order valence-electron chi connectivity index (χ1n) is 8.69. The fourth-order valence-corrected chi connectivity index (χ4v) is 3.24. The SMILES string of the molecule is CCc1ccc(C(=O)Nc2ccc3oc(-c4cccc(Br)c4)nc3c2)cc1. The highest BCUT2D eigenvalue weighted by atomic mass is 79.9. The van der Waals surface area contributed by atoms with Crippen molar-refractivity contribution in [2.75, 3.05) is 5.32 Å².